The third-order valence-electron chi connectivity index (χ3n) is 4.97. The minimum Gasteiger partial charge on any atom is -0.480 e. The van der Waals surface area contributed by atoms with Crippen LogP contribution in [-0.4, -0.2) is 65.5 Å². The van der Waals surface area contributed by atoms with E-state index in [1.54, 1.807) is 7.11 Å². The van der Waals surface area contributed by atoms with E-state index in [2.05, 4.69) is 31.7 Å². The Morgan fingerprint density at radius 3 is 2.45 bits per heavy atom. The van der Waals surface area contributed by atoms with E-state index in [4.69, 9.17) is 15.6 Å². The summed E-state index contributed by atoms with van der Waals surface area (Å²) in [5.41, 5.74) is 2.76. The largest absolute Gasteiger partial charge is 0.480 e. The molecule has 0 unspecified atom stereocenters. The van der Waals surface area contributed by atoms with Gasteiger partial charge in [0, 0.05) is 25.3 Å². The quantitative estimate of drug-likeness (QED) is 0.115. The van der Waals surface area contributed by atoms with Gasteiger partial charge in [0.05, 0.1) is 35.1 Å². The second-order valence-electron chi connectivity index (χ2n) is 8.17. The van der Waals surface area contributed by atoms with E-state index < -0.39 is 5.91 Å². The summed E-state index contributed by atoms with van der Waals surface area (Å²) in [6.07, 6.45) is 8.66. The molecule has 2 aromatic heterocycles. The number of nitrogens with one attached hydrogen (secondary N) is 5. The first-order chi connectivity index (χ1) is 18.3. The van der Waals surface area contributed by atoms with Crippen molar-refractivity contribution in [3.63, 3.8) is 0 Å². The molecule has 0 saturated heterocycles. The number of amides is 1. The lowest BCUT2D eigenvalue weighted by Gasteiger charge is -2.07. The number of aromatic nitrogens is 3. The Morgan fingerprint density at radius 2 is 1.82 bits per heavy atom. The minimum atomic E-state index is -0.448. The molecule has 2 heterocycles. The van der Waals surface area contributed by atoms with E-state index >= 15 is 0 Å². The number of H-pyrrole nitrogens is 1. The summed E-state index contributed by atoms with van der Waals surface area (Å²) < 4.78 is 5.47. The Kier molecular flexibility index (Phi) is 15.9. The summed E-state index contributed by atoms with van der Waals surface area (Å²) in [5, 5.41) is 20.2. The van der Waals surface area contributed by atoms with Crippen LogP contribution in [0.3, 0.4) is 0 Å². The zero-order valence-electron chi connectivity index (χ0n) is 22.8. The fraction of sp³-hybridized carbons (Fsp3) is 0.407. The first-order valence-electron chi connectivity index (χ1n) is 12.3. The second kappa shape index (κ2) is 18.6. The molecule has 1 aromatic carbocycles. The fourth-order valence-corrected chi connectivity index (χ4v) is 3.76. The molecule has 11 heteroatoms. The Hall–Kier alpha value is -3.57. The molecule has 0 aliphatic heterocycles. The maximum absolute atomic E-state index is 10.6. The zero-order chi connectivity index (χ0) is 28.3. The molecule has 3 aromatic rings. The molecular weight excluding hydrogens is 502 g/mol. The number of nitrogens with zero attached hydrogens (tertiary/aromatic N) is 2. The number of carbonyl (C=O) groups is 2. The Balaban J connectivity index is 0.000000467. The lowest BCUT2D eigenvalue weighted by atomic mass is 10.1. The van der Waals surface area contributed by atoms with E-state index in [1.165, 1.54) is 14.0 Å². The molecule has 0 atom stereocenters. The lowest BCUT2D eigenvalue weighted by molar-refractivity contribution is -0.114. The zero-order valence-corrected chi connectivity index (χ0v) is 23.6. The predicted octanol–water partition coefficient (Wildman–Crippen LogP) is 4.60. The highest BCUT2D eigenvalue weighted by molar-refractivity contribution is 8.27. The molecule has 0 spiro atoms. The van der Waals surface area contributed by atoms with Crippen LogP contribution in [0.2, 0.25) is 0 Å². The van der Waals surface area contributed by atoms with Crippen molar-refractivity contribution in [2.75, 3.05) is 28.3 Å². The van der Waals surface area contributed by atoms with Gasteiger partial charge in [-0.3, -0.25) is 15.6 Å². The van der Waals surface area contributed by atoms with Crippen LogP contribution in [0.25, 0.3) is 22.2 Å². The number of fused-ring (bicyclic) bond motifs is 1. The Morgan fingerprint density at radius 1 is 1.13 bits per heavy atom. The van der Waals surface area contributed by atoms with E-state index in [1.807, 2.05) is 44.6 Å². The third-order valence-corrected chi connectivity index (χ3v) is 5.67. The number of hydrogen-bond donors (Lipinski definition) is 5. The van der Waals surface area contributed by atoms with Gasteiger partial charge in [0.2, 0.25) is 5.88 Å². The average Bonchev–Trinajstić information content (AvgIpc) is 3.38. The smallest absolute Gasteiger partial charge is 0.275 e. The number of rotatable bonds is 9. The Bertz CT molecular complexity index is 1180. The number of aldehydes is 1. The van der Waals surface area contributed by atoms with Gasteiger partial charge in [0.1, 0.15) is 12.1 Å². The van der Waals surface area contributed by atoms with Crippen LogP contribution in [0.15, 0.2) is 36.5 Å². The number of carbonyl (C=O) groups excluding carboxylic acids is 2. The predicted molar refractivity (Wildman–Crippen MR) is 156 cm³/mol. The summed E-state index contributed by atoms with van der Waals surface area (Å²) in [7, 11) is 6.84. The van der Waals surface area contributed by atoms with Crippen molar-refractivity contribution in [2.45, 2.75) is 45.4 Å². The summed E-state index contributed by atoms with van der Waals surface area (Å²) in [6, 6.07) is 10.1. The lowest BCUT2D eigenvalue weighted by Crippen LogP contribution is -2.25. The molecule has 10 nitrogen and oxygen atoms in total. The highest BCUT2D eigenvalue weighted by atomic mass is 32.2. The maximum atomic E-state index is 10.6. The number of thioether (sulfide) groups is 1. The number of ether oxygens (including phenoxy) is 1. The first-order valence-corrected chi connectivity index (χ1v) is 13.2. The van der Waals surface area contributed by atoms with Crippen molar-refractivity contribution in [2.24, 2.45) is 0 Å². The molecular formula is C27H39N7O3S. The summed E-state index contributed by atoms with van der Waals surface area (Å²) in [6.45, 7) is 1.53. The van der Waals surface area contributed by atoms with Gasteiger partial charge in [-0.15, -0.1) is 0 Å². The highest BCUT2D eigenvalue weighted by Gasteiger charge is 2.12. The van der Waals surface area contributed by atoms with Gasteiger partial charge in [-0.25, -0.2) is 9.97 Å². The Labute approximate surface area is 228 Å². The third kappa shape index (κ3) is 11.7. The highest BCUT2D eigenvalue weighted by Crippen LogP contribution is 2.30. The van der Waals surface area contributed by atoms with Crippen molar-refractivity contribution in [3.05, 3.63) is 42.4 Å². The van der Waals surface area contributed by atoms with E-state index in [9.17, 15) is 9.59 Å². The SMILES string of the molecule is CNC.CNC(=O)C(=N)SC(C)=N.COc1nc2ccccc2cc1-c1cnc(CCCCCCC=O)[nH]1. The molecule has 3 rings (SSSR count). The number of pyridine rings is 1. The normalized spacial score (nSPS) is 9.92. The van der Waals surface area contributed by atoms with Crippen LogP contribution >= 0.6 is 11.8 Å². The van der Waals surface area contributed by atoms with Crippen molar-refractivity contribution in [1.29, 1.82) is 10.8 Å². The molecule has 5 N–H and O–H groups in total. The van der Waals surface area contributed by atoms with E-state index in [-0.39, 0.29) is 10.1 Å². The van der Waals surface area contributed by atoms with Gasteiger partial charge < -0.3 is 25.1 Å². The first kappa shape index (κ1) is 32.5. The fourth-order valence-electron chi connectivity index (χ4n) is 3.26. The number of unbranched alkanes of at least 4 members (excludes halogenated alkanes) is 4. The average molecular weight is 542 g/mol. The number of aromatic amines is 1. The van der Waals surface area contributed by atoms with Crippen molar-refractivity contribution in [3.8, 4) is 17.1 Å². The second-order valence-corrected chi connectivity index (χ2v) is 9.39. The number of hydrogen-bond acceptors (Lipinski definition) is 9. The molecule has 0 bridgehead atoms. The van der Waals surface area contributed by atoms with E-state index in [0.29, 0.717) is 12.3 Å². The number of aryl methyl sites for hydroxylation is 1. The number of benzene rings is 1. The van der Waals surface area contributed by atoms with Crippen molar-refractivity contribution < 1.29 is 14.3 Å². The summed E-state index contributed by atoms with van der Waals surface area (Å²) in [4.78, 5) is 33.3. The number of para-hydroxylation sites is 1. The summed E-state index contributed by atoms with van der Waals surface area (Å²) in [5.74, 6) is 1.12. The summed E-state index contributed by atoms with van der Waals surface area (Å²) >= 11 is 0.842. The van der Waals surface area contributed by atoms with Crippen LogP contribution in [0.1, 0.15) is 44.9 Å². The maximum Gasteiger partial charge on any atom is 0.275 e. The van der Waals surface area contributed by atoms with Gasteiger partial charge in [-0.05, 0) is 46.0 Å². The van der Waals surface area contributed by atoms with E-state index in [0.717, 1.165) is 78.1 Å². The molecule has 0 saturated carbocycles. The minimum absolute atomic E-state index is 0.144. The number of methoxy groups -OCH3 is 1. The van der Waals surface area contributed by atoms with Gasteiger partial charge in [-0.1, -0.05) is 42.8 Å². The van der Waals surface area contributed by atoms with Crippen molar-refractivity contribution >= 4 is 44.9 Å². The molecule has 38 heavy (non-hydrogen) atoms. The van der Waals surface area contributed by atoms with Gasteiger partial charge in [-0.2, -0.15) is 0 Å². The molecule has 0 radical (unpaired) electrons. The molecule has 0 aliphatic rings. The van der Waals surface area contributed by atoms with Crippen LogP contribution in [0.4, 0.5) is 0 Å². The van der Waals surface area contributed by atoms with Crippen molar-refractivity contribution in [1.82, 2.24) is 25.6 Å². The van der Waals surface area contributed by atoms with Gasteiger partial charge >= 0.3 is 0 Å². The molecule has 0 aliphatic carbocycles. The van der Waals surface area contributed by atoms with Crippen LogP contribution < -0.4 is 15.4 Å². The molecule has 1 amide bonds. The van der Waals surface area contributed by atoms with Gasteiger partial charge in [0.25, 0.3) is 5.91 Å². The van der Waals surface area contributed by atoms with Crippen LogP contribution in [0, 0.1) is 10.8 Å². The van der Waals surface area contributed by atoms with Crippen LogP contribution in [0.5, 0.6) is 5.88 Å². The standard InChI is InChI=1S/C20H23N3O2.C5H9N3OS.C2H7N/c1-25-20-16(13-15-9-6-7-10-17(15)23-20)18-14-21-19(22-18)11-5-3-2-4-8-12-24;1-3(6)10-4(7)5(9)8-2;1-3-2/h6-7,9-10,12-14H,2-5,8,11H2,1H3,(H,21,22);6-7H,1-2H3,(H,8,9);3H,1-2H3. The molecule has 206 valence electrons. The topological polar surface area (TPSA) is 157 Å². The molecule has 0 fully saturated rings. The van der Waals surface area contributed by atoms with Crippen LogP contribution in [-0.2, 0) is 16.0 Å². The number of imidazole rings is 1. The van der Waals surface area contributed by atoms with Gasteiger partial charge in [0.15, 0.2) is 5.04 Å². The monoisotopic (exact) mass is 541 g/mol.